The maximum absolute atomic E-state index is 12.1. The summed E-state index contributed by atoms with van der Waals surface area (Å²) in [6.07, 6.45) is 0. The van der Waals surface area contributed by atoms with Crippen LogP contribution in [0.3, 0.4) is 0 Å². The van der Waals surface area contributed by atoms with Crippen LogP contribution in [0.15, 0.2) is 36.4 Å². The first kappa shape index (κ1) is 16.7. The molecule has 0 fully saturated rings. The van der Waals surface area contributed by atoms with Crippen LogP contribution in [0.25, 0.3) is 0 Å². The number of ether oxygens (including phenoxy) is 3. The maximum Gasteiger partial charge on any atom is 0.262 e. The predicted molar refractivity (Wildman–Crippen MR) is 89.6 cm³/mol. The van der Waals surface area contributed by atoms with Gasteiger partial charge in [-0.25, -0.2) is 0 Å². The van der Waals surface area contributed by atoms with Gasteiger partial charge in [-0.1, -0.05) is 17.7 Å². The summed E-state index contributed by atoms with van der Waals surface area (Å²) in [5, 5.41) is 2.82. The number of rotatable bonds is 6. The number of anilines is 1. The van der Waals surface area contributed by atoms with Crippen LogP contribution in [-0.2, 0) is 4.79 Å². The summed E-state index contributed by atoms with van der Waals surface area (Å²) >= 11 is 0. The van der Waals surface area contributed by atoms with E-state index in [1.165, 1.54) is 0 Å². The second-order valence-electron chi connectivity index (χ2n) is 5.17. The Hall–Kier alpha value is -2.69. The highest BCUT2D eigenvalue weighted by Gasteiger charge is 2.11. The highest BCUT2D eigenvalue weighted by molar-refractivity contribution is 5.93. The van der Waals surface area contributed by atoms with Gasteiger partial charge in [0, 0.05) is 11.8 Å². The smallest absolute Gasteiger partial charge is 0.262 e. The molecule has 0 aliphatic rings. The highest BCUT2D eigenvalue weighted by Crippen LogP contribution is 2.32. The van der Waals surface area contributed by atoms with Crippen molar-refractivity contribution < 1.29 is 19.0 Å². The lowest BCUT2D eigenvalue weighted by Crippen LogP contribution is -2.20. The zero-order valence-electron chi connectivity index (χ0n) is 13.8. The molecule has 0 heterocycles. The van der Waals surface area contributed by atoms with Crippen LogP contribution >= 0.6 is 0 Å². The Labute approximate surface area is 136 Å². The molecule has 0 unspecified atom stereocenters. The van der Waals surface area contributed by atoms with E-state index in [9.17, 15) is 4.79 Å². The van der Waals surface area contributed by atoms with Crippen molar-refractivity contribution in [3.05, 3.63) is 47.5 Å². The number of amides is 1. The molecule has 122 valence electrons. The van der Waals surface area contributed by atoms with Crippen molar-refractivity contribution >= 4 is 11.6 Å². The van der Waals surface area contributed by atoms with E-state index < -0.39 is 0 Å². The van der Waals surface area contributed by atoms with Crippen molar-refractivity contribution in [1.29, 1.82) is 0 Å². The lowest BCUT2D eigenvalue weighted by Gasteiger charge is -2.14. The van der Waals surface area contributed by atoms with E-state index in [0.717, 1.165) is 11.1 Å². The molecular weight excluding hydrogens is 294 g/mol. The highest BCUT2D eigenvalue weighted by atomic mass is 16.5. The van der Waals surface area contributed by atoms with Gasteiger partial charge in [-0.05, 0) is 37.6 Å². The van der Waals surface area contributed by atoms with E-state index in [2.05, 4.69) is 5.32 Å². The molecule has 0 radical (unpaired) electrons. The van der Waals surface area contributed by atoms with Gasteiger partial charge >= 0.3 is 0 Å². The van der Waals surface area contributed by atoms with E-state index in [0.29, 0.717) is 22.9 Å². The molecule has 0 saturated heterocycles. The third-order valence-electron chi connectivity index (χ3n) is 3.40. The normalized spacial score (nSPS) is 10.1. The summed E-state index contributed by atoms with van der Waals surface area (Å²) in [5.74, 6) is 1.61. The second-order valence-corrected chi connectivity index (χ2v) is 5.17. The van der Waals surface area contributed by atoms with E-state index in [-0.39, 0.29) is 12.5 Å². The van der Waals surface area contributed by atoms with Gasteiger partial charge in [0.25, 0.3) is 5.91 Å². The summed E-state index contributed by atoms with van der Waals surface area (Å²) in [5.41, 5.74) is 2.69. The van der Waals surface area contributed by atoms with E-state index in [1.807, 2.05) is 44.2 Å². The molecule has 2 aromatic rings. The Morgan fingerprint density at radius 2 is 1.61 bits per heavy atom. The maximum atomic E-state index is 12.1. The second kappa shape index (κ2) is 7.54. The molecule has 0 aliphatic carbocycles. The van der Waals surface area contributed by atoms with Crippen LogP contribution < -0.4 is 19.5 Å². The molecule has 5 nitrogen and oxygen atoms in total. The number of aryl methyl sites for hydroxylation is 2. The summed E-state index contributed by atoms with van der Waals surface area (Å²) in [6.45, 7) is 3.82. The minimum atomic E-state index is -0.235. The monoisotopic (exact) mass is 315 g/mol. The first-order valence-electron chi connectivity index (χ1n) is 7.25. The zero-order chi connectivity index (χ0) is 16.8. The van der Waals surface area contributed by atoms with E-state index in [4.69, 9.17) is 14.2 Å². The molecule has 2 aromatic carbocycles. The predicted octanol–water partition coefficient (Wildman–Crippen LogP) is 3.34. The first-order chi connectivity index (χ1) is 11.0. The van der Waals surface area contributed by atoms with Crippen LogP contribution in [0.2, 0.25) is 0 Å². The average Bonchev–Trinajstić information content (AvgIpc) is 2.55. The Balaban J connectivity index is 2.01. The number of nitrogens with one attached hydrogen (secondary N) is 1. The molecule has 2 rings (SSSR count). The summed E-state index contributed by atoms with van der Waals surface area (Å²) in [7, 11) is 3.13. The van der Waals surface area contributed by atoms with E-state index >= 15 is 0 Å². The van der Waals surface area contributed by atoms with Crippen LogP contribution in [0, 0.1) is 13.8 Å². The molecule has 23 heavy (non-hydrogen) atoms. The summed E-state index contributed by atoms with van der Waals surface area (Å²) in [4.78, 5) is 12.1. The Morgan fingerprint density at radius 3 is 2.22 bits per heavy atom. The van der Waals surface area contributed by atoms with Gasteiger partial charge in [0.1, 0.15) is 5.75 Å². The molecule has 0 spiro atoms. The third kappa shape index (κ3) is 4.39. The minimum Gasteiger partial charge on any atom is -0.493 e. The Bertz CT molecular complexity index is 680. The lowest BCUT2D eigenvalue weighted by molar-refractivity contribution is -0.118. The standard InChI is InChI=1S/C18H21NO4/c1-12-5-7-14(8-6-12)23-11-18(20)19-15-10-17(22-4)16(21-3)9-13(15)2/h5-10H,11H2,1-4H3,(H,19,20). The lowest BCUT2D eigenvalue weighted by atomic mass is 10.1. The van der Waals surface area contributed by atoms with E-state index in [1.54, 1.807) is 20.3 Å². The molecule has 5 heteroatoms. The summed E-state index contributed by atoms with van der Waals surface area (Å²) < 4.78 is 15.9. The van der Waals surface area contributed by atoms with Crippen LogP contribution in [0.5, 0.6) is 17.2 Å². The fourth-order valence-electron chi connectivity index (χ4n) is 2.08. The van der Waals surface area contributed by atoms with Crippen molar-refractivity contribution in [1.82, 2.24) is 0 Å². The molecular formula is C18H21NO4. The number of hydrogen-bond donors (Lipinski definition) is 1. The van der Waals surface area contributed by atoms with Gasteiger partial charge in [0.15, 0.2) is 18.1 Å². The fraction of sp³-hybridized carbons (Fsp3) is 0.278. The number of benzene rings is 2. The van der Waals surface area contributed by atoms with Crippen molar-refractivity contribution in [2.75, 3.05) is 26.1 Å². The topological polar surface area (TPSA) is 56.8 Å². The van der Waals surface area contributed by atoms with Crippen molar-refractivity contribution in [3.63, 3.8) is 0 Å². The Kier molecular flexibility index (Phi) is 5.46. The van der Waals surface area contributed by atoms with Gasteiger partial charge in [0.2, 0.25) is 0 Å². The first-order valence-corrected chi connectivity index (χ1v) is 7.25. The van der Waals surface area contributed by atoms with Crippen LogP contribution in [0.4, 0.5) is 5.69 Å². The van der Waals surface area contributed by atoms with Crippen LogP contribution in [-0.4, -0.2) is 26.7 Å². The molecule has 0 aliphatic heterocycles. The quantitative estimate of drug-likeness (QED) is 0.888. The van der Waals surface area contributed by atoms with Crippen LogP contribution in [0.1, 0.15) is 11.1 Å². The van der Waals surface area contributed by atoms with Gasteiger partial charge in [-0.3, -0.25) is 4.79 Å². The third-order valence-corrected chi connectivity index (χ3v) is 3.40. The zero-order valence-corrected chi connectivity index (χ0v) is 13.8. The SMILES string of the molecule is COc1cc(C)c(NC(=O)COc2ccc(C)cc2)cc1OC. The summed E-state index contributed by atoms with van der Waals surface area (Å²) in [6, 6.07) is 11.1. The number of carbonyl (C=O) groups is 1. The molecule has 1 amide bonds. The van der Waals surface area contributed by atoms with Crippen molar-refractivity contribution in [2.45, 2.75) is 13.8 Å². The van der Waals surface area contributed by atoms with Crippen molar-refractivity contribution in [3.8, 4) is 17.2 Å². The number of carbonyl (C=O) groups excluding carboxylic acids is 1. The van der Waals surface area contributed by atoms with Crippen molar-refractivity contribution in [2.24, 2.45) is 0 Å². The van der Waals surface area contributed by atoms with Gasteiger partial charge in [-0.15, -0.1) is 0 Å². The van der Waals surface area contributed by atoms with Gasteiger partial charge < -0.3 is 19.5 Å². The number of hydrogen-bond acceptors (Lipinski definition) is 4. The largest absolute Gasteiger partial charge is 0.493 e. The minimum absolute atomic E-state index is 0.0587. The molecule has 0 atom stereocenters. The Morgan fingerprint density at radius 1 is 1.00 bits per heavy atom. The van der Waals surface area contributed by atoms with Gasteiger partial charge in [0.05, 0.1) is 14.2 Å². The molecule has 0 bridgehead atoms. The molecule has 1 N–H and O–H groups in total. The van der Waals surface area contributed by atoms with Gasteiger partial charge in [-0.2, -0.15) is 0 Å². The number of methoxy groups -OCH3 is 2. The average molecular weight is 315 g/mol. The molecule has 0 saturated carbocycles. The fourth-order valence-corrected chi connectivity index (χ4v) is 2.08. The molecule has 0 aromatic heterocycles.